The van der Waals surface area contributed by atoms with E-state index in [1.165, 1.54) is 0 Å². The summed E-state index contributed by atoms with van der Waals surface area (Å²) in [5.74, 6) is 1.68. The molecule has 0 saturated carbocycles. The number of hydrogen-bond acceptors (Lipinski definition) is 7. The van der Waals surface area contributed by atoms with E-state index in [-0.39, 0.29) is 11.9 Å². The molecule has 8 nitrogen and oxygen atoms in total. The Morgan fingerprint density at radius 2 is 1.97 bits per heavy atom. The normalized spacial score (nSPS) is 21.3. The van der Waals surface area contributed by atoms with Gasteiger partial charge in [0.1, 0.15) is 11.5 Å². The van der Waals surface area contributed by atoms with Gasteiger partial charge in [-0.1, -0.05) is 34.8 Å². The maximum atomic E-state index is 13.4. The number of carbonyl (C=O) groups is 1. The van der Waals surface area contributed by atoms with E-state index < -0.39 is 6.10 Å². The van der Waals surface area contributed by atoms with E-state index in [0.29, 0.717) is 40.8 Å². The molecule has 2 aromatic rings. The average molecular weight is 448 g/mol. The van der Waals surface area contributed by atoms with Crippen LogP contribution in [0.5, 0.6) is 11.5 Å². The zero-order valence-electron chi connectivity index (χ0n) is 17.9. The Balaban J connectivity index is 1.54. The van der Waals surface area contributed by atoms with Crippen molar-refractivity contribution in [1.29, 1.82) is 0 Å². The lowest BCUT2D eigenvalue weighted by molar-refractivity contribution is -0.145. The highest BCUT2D eigenvalue weighted by molar-refractivity contribution is 6.32. The molecule has 1 aromatic heterocycles. The van der Waals surface area contributed by atoms with Crippen molar-refractivity contribution in [1.82, 2.24) is 10.1 Å². The SMILES string of the molecule is COc1cc(OC)c(C2=NOC(C(=O)N3CCCCCC3c3cc(C)no3)C2)cc1Cl. The monoisotopic (exact) mass is 447 g/mol. The second-order valence-electron chi connectivity index (χ2n) is 7.79. The molecule has 1 saturated heterocycles. The molecule has 1 fully saturated rings. The van der Waals surface area contributed by atoms with Crippen LogP contribution in [-0.4, -0.2) is 48.5 Å². The number of nitrogens with zero attached hydrogens (tertiary/aromatic N) is 3. The molecule has 166 valence electrons. The minimum atomic E-state index is -0.704. The Hall–Kier alpha value is -2.74. The van der Waals surface area contributed by atoms with Gasteiger partial charge in [-0.15, -0.1) is 0 Å². The van der Waals surface area contributed by atoms with Crippen LogP contribution in [0.4, 0.5) is 0 Å². The molecule has 2 atom stereocenters. The van der Waals surface area contributed by atoms with Gasteiger partial charge < -0.3 is 23.7 Å². The smallest absolute Gasteiger partial charge is 0.267 e. The summed E-state index contributed by atoms with van der Waals surface area (Å²) in [4.78, 5) is 20.9. The van der Waals surface area contributed by atoms with Crippen LogP contribution in [0.15, 0.2) is 27.9 Å². The summed E-state index contributed by atoms with van der Waals surface area (Å²) >= 11 is 6.30. The van der Waals surface area contributed by atoms with E-state index in [9.17, 15) is 4.79 Å². The number of halogens is 1. The van der Waals surface area contributed by atoms with E-state index >= 15 is 0 Å². The lowest BCUT2D eigenvalue weighted by atomic mass is 10.0. The number of oxime groups is 1. The third kappa shape index (κ3) is 4.35. The number of aromatic nitrogens is 1. The molecule has 31 heavy (non-hydrogen) atoms. The van der Waals surface area contributed by atoms with E-state index in [2.05, 4.69) is 10.3 Å². The Morgan fingerprint density at radius 1 is 1.16 bits per heavy atom. The summed E-state index contributed by atoms with van der Waals surface area (Å²) in [5.41, 5.74) is 2.10. The van der Waals surface area contributed by atoms with Crippen molar-refractivity contribution in [3.63, 3.8) is 0 Å². The van der Waals surface area contributed by atoms with Gasteiger partial charge in [0.25, 0.3) is 5.91 Å². The predicted octanol–water partition coefficient (Wildman–Crippen LogP) is 4.29. The second-order valence-corrected chi connectivity index (χ2v) is 8.20. The minimum Gasteiger partial charge on any atom is -0.496 e. The molecule has 2 unspecified atom stereocenters. The number of likely N-dealkylation sites (tertiary alicyclic amines) is 1. The minimum absolute atomic E-state index is 0.0988. The molecule has 2 aliphatic heterocycles. The Kier molecular flexibility index (Phi) is 6.36. The number of hydrogen-bond donors (Lipinski definition) is 0. The van der Waals surface area contributed by atoms with Crippen LogP contribution in [0, 0.1) is 6.92 Å². The number of methoxy groups -OCH3 is 2. The molecular weight excluding hydrogens is 422 g/mol. The molecule has 1 amide bonds. The maximum Gasteiger partial charge on any atom is 0.267 e. The van der Waals surface area contributed by atoms with Crippen LogP contribution in [0.3, 0.4) is 0 Å². The fraction of sp³-hybridized carbons (Fsp3) is 0.500. The highest BCUT2D eigenvalue weighted by atomic mass is 35.5. The van der Waals surface area contributed by atoms with Crippen LogP contribution >= 0.6 is 11.6 Å². The molecule has 2 aliphatic rings. The summed E-state index contributed by atoms with van der Waals surface area (Å²) in [6, 6.07) is 5.18. The van der Waals surface area contributed by atoms with Crippen LogP contribution in [-0.2, 0) is 9.63 Å². The van der Waals surface area contributed by atoms with Gasteiger partial charge >= 0.3 is 0 Å². The first-order valence-electron chi connectivity index (χ1n) is 10.4. The summed E-state index contributed by atoms with van der Waals surface area (Å²) < 4.78 is 16.2. The Morgan fingerprint density at radius 3 is 2.68 bits per heavy atom. The highest BCUT2D eigenvalue weighted by Crippen LogP contribution is 2.36. The molecule has 1 aromatic carbocycles. The molecule has 3 heterocycles. The van der Waals surface area contributed by atoms with Crippen LogP contribution in [0.1, 0.15) is 55.2 Å². The summed E-state index contributed by atoms with van der Waals surface area (Å²) in [7, 11) is 3.10. The first kappa shape index (κ1) is 21.5. The lowest BCUT2D eigenvalue weighted by Gasteiger charge is -2.29. The summed E-state index contributed by atoms with van der Waals surface area (Å²) in [5, 5.41) is 8.63. The highest BCUT2D eigenvalue weighted by Gasteiger charge is 2.38. The van der Waals surface area contributed by atoms with Gasteiger partial charge in [0, 0.05) is 30.7 Å². The average Bonchev–Trinajstić information content (AvgIpc) is 3.36. The topological polar surface area (TPSA) is 86.4 Å². The number of benzene rings is 1. The number of carbonyl (C=O) groups excluding carboxylic acids is 1. The summed E-state index contributed by atoms with van der Waals surface area (Å²) in [6.45, 7) is 2.53. The molecule has 0 radical (unpaired) electrons. The lowest BCUT2D eigenvalue weighted by Crippen LogP contribution is -2.41. The van der Waals surface area contributed by atoms with Crippen LogP contribution in [0.2, 0.25) is 5.02 Å². The van der Waals surface area contributed by atoms with Crippen molar-refractivity contribution < 1.29 is 23.6 Å². The van der Waals surface area contributed by atoms with Crippen molar-refractivity contribution in [3.05, 3.63) is 40.2 Å². The molecule has 9 heteroatoms. The Labute approximate surface area is 186 Å². The van der Waals surface area contributed by atoms with Crippen molar-refractivity contribution in [2.45, 2.75) is 51.2 Å². The van der Waals surface area contributed by atoms with Gasteiger partial charge in [-0.05, 0) is 25.8 Å². The molecule has 0 N–H and O–H groups in total. The second kappa shape index (κ2) is 9.18. The largest absolute Gasteiger partial charge is 0.496 e. The number of ether oxygens (including phenoxy) is 2. The fourth-order valence-corrected chi connectivity index (χ4v) is 4.39. The number of amides is 1. The third-order valence-corrected chi connectivity index (χ3v) is 6.04. The maximum absolute atomic E-state index is 13.4. The van der Waals surface area contributed by atoms with Gasteiger partial charge in [-0.3, -0.25) is 4.79 Å². The standard InChI is InChI=1S/C22H26ClN3O5/c1-13-9-20(30-24-13)17-7-5-4-6-8-26(17)22(27)21-11-16(25-31-21)14-10-15(23)19(29-3)12-18(14)28-2/h9-10,12,17,21H,4-8,11H2,1-3H3. The third-order valence-electron chi connectivity index (χ3n) is 5.74. The molecule has 4 rings (SSSR count). The van der Waals surface area contributed by atoms with Crippen molar-refractivity contribution in [3.8, 4) is 11.5 Å². The molecule has 0 bridgehead atoms. The Bertz CT molecular complexity index is 990. The van der Waals surface area contributed by atoms with Gasteiger partial charge in [0.2, 0.25) is 6.10 Å². The van der Waals surface area contributed by atoms with E-state index in [0.717, 1.165) is 37.1 Å². The van der Waals surface area contributed by atoms with Crippen LogP contribution in [0.25, 0.3) is 0 Å². The molecule has 0 spiro atoms. The first-order chi connectivity index (χ1) is 15.0. The van der Waals surface area contributed by atoms with Gasteiger partial charge in [-0.25, -0.2) is 0 Å². The van der Waals surface area contributed by atoms with Gasteiger partial charge in [-0.2, -0.15) is 0 Å². The fourth-order valence-electron chi connectivity index (χ4n) is 4.15. The van der Waals surface area contributed by atoms with Crippen LogP contribution < -0.4 is 9.47 Å². The van der Waals surface area contributed by atoms with Gasteiger partial charge in [0.05, 0.1) is 36.7 Å². The first-order valence-corrected chi connectivity index (χ1v) is 10.8. The van der Waals surface area contributed by atoms with E-state index in [1.54, 1.807) is 26.4 Å². The van der Waals surface area contributed by atoms with Gasteiger partial charge in [0.15, 0.2) is 5.76 Å². The van der Waals surface area contributed by atoms with Crippen molar-refractivity contribution >= 4 is 23.2 Å². The molecular formula is C22H26ClN3O5. The number of rotatable bonds is 5. The zero-order valence-corrected chi connectivity index (χ0v) is 18.6. The number of aryl methyl sites for hydroxylation is 1. The van der Waals surface area contributed by atoms with E-state index in [4.69, 9.17) is 30.4 Å². The molecule has 0 aliphatic carbocycles. The quantitative estimate of drug-likeness (QED) is 0.679. The van der Waals surface area contributed by atoms with Crippen molar-refractivity contribution in [2.24, 2.45) is 5.16 Å². The summed E-state index contributed by atoms with van der Waals surface area (Å²) in [6.07, 6.45) is 3.51. The predicted molar refractivity (Wildman–Crippen MR) is 115 cm³/mol. The zero-order chi connectivity index (χ0) is 22.0. The van der Waals surface area contributed by atoms with Crippen molar-refractivity contribution in [2.75, 3.05) is 20.8 Å². The van der Waals surface area contributed by atoms with E-state index in [1.807, 2.05) is 17.9 Å².